The molecule has 1 aromatic carbocycles. The van der Waals surface area contributed by atoms with Gasteiger partial charge in [0.25, 0.3) is 0 Å². The number of aryl methyl sites for hydroxylation is 1. The second kappa shape index (κ2) is 4.85. The highest BCUT2D eigenvalue weighted by atomic mass is 19.1. The molecule has 0 aliphatic heterocycles. The molecule has 0 saturated carbocycles. The van der Waals surface area contributed by atoms with E-state index in [4.69, 9.17) is 10.5 Å². The highest BCUT2D eigenvalue weighted by Crippen LogP contribution is 2.24. The summed E-state index contributed by atoms with van der Waals surface area (Å²) in [5.74, 6) is -0.273. The molecule has 0 spiro atoms. The van der Waals surface area contributed by atoms with Gasteiger partial charge in [-0.2, -0.15) is 0 Å². The summed E-state index contributed by atoms with van der Waals surface area (Å²) in [7, 11) is 0. The number of fused-ring (bicyclic) bond motifs is 1. The lowest BCUT2D eigenvalue weighted by Gasteiger charge is -2.08. The lowest BCUT2D eigenvalue weighted by atomic mass is 10.2. The summed E-state index contributed by atoms with van der Waals surface area (Å²) in [4.78, 5) is 4.39. The van der Waals surface area contributed by atoms with Crippen LogP contribution in [-0.2, 0) is 6.61 Å². The third kappa shape index (κ3) is 2.30. The highest BCUT2D eigenvalue weighted by Gasteiger charge is 2.08. The van der Waals surface area contributed by atoms with Gasteiger partial charge in [0.1, 0.15) is 12.3 Å². The Hall–Kier alpha value is -2.56. The van der Waals surface area contributed by atoms with Gasteiger partial charge in [0.15, 0.2) is 11.6 Å². The number of nitrogens with two attached hydrogens (primary N) is 1. The molecule has 0 amide bonds. The summed E-state index contributed by atoms with van der Waals surface area (Å²) in [6, 6.07) is 8.60. The third-order valence-electron chi connectivity index (χ3n) is 3.11. The Morgan fingerprint density at radius 2 is 2.20 bits per heavy atom. The van der Waals surface area contributed by atoms with Crippen LogP contribution in [0.1, 0.15) is 11.3 Å². The molecule has 5 heteroatoms. The van der Waals surface area contributed by atoms with Gasteiger partial charge in [-0.3, -0.25) is 0 Å². The van der Waals surface area contributed by atoms with E-state index in [0.29, 0.717) is 5.69 Å². The number of imidazole rings is 1. The molecule has 0 bridgehead atoms. The number of pyridine rings is 1. The molecule has 0 saturated heterocycles. The van der Waals surface area contributed by atoms with E-state index in [0.717, 1.165) is 16.9 Å². The normalized spacial score (nSPS) is 10.9. The Morgan fingerprint density at radius 3 is 3.00 bits per heavy atom. The van der Waals surface area contributed by atoms with Crippen molar-refractivity contribution in [1.82, 2.24) is 9.38 Å². The summed E-state index contributed by atoms with van der Waals surface area (Å²) >= 11 is 0. The van der Waals surface area contributed by atoms with Gasteiger partial charge >= 0.3 is 0 Å². The van der Waals surface area contributed by atoms with Crippen molar-refractivity contribution in [3.63, 3.8) is 0 Å². The average Bonchev–Trinajstić information content (AvgIpc) is 2.84. The molecule has 0 radical (unpaired) electrons. The number of anilines is 1. The Balaban J connectivity index is 1.81. The van der Waals surface area contributed by atoms with E-state index in [9.17, 15) is 4.39 Å². The highest BCUT2D eigenvalue weighted by molar-refractivity contribution is 5.50. The lowest BCUT2D eigenvalue weighted by Crippen LogP contribution is -2.00. The van der Waals surface area contributed by atoms with Crippen LogP contribution in [-0.4, -0.2) is 9.38 Å². The molecular formula is C15H14FN3O. The third-order valence-corrected chi connectivity index (χ3v) is 3.11. The van der Waals surface area contributed by atoms with Gasteiger partial charge in [0, 0.05) is 24.1 Å². The molecule has 2 N–H and O–H groups in total. The lowest BCUT2D eigenvalue weighted by molar-refractivity contribution is 0.286. The summed E-state index contributed by atoms with van der Waals surface area (Å²) in [5.41, 5.74) is 8.42. The van der Waals surface area contributed by atoms with Gasteiger partial charge in [0.2, 0.25) is 0 Å². The molecule has 0 fully saturated rings. The zero-order valence-corrected chi connectivity index (χ0v) is 11.0. The minimum absolute atomic E-state index is 0.189. The summed E-state index contributed by atoms with van der Waals surface area (Å²) in [6.45, 7) is 2.02. The van der Waals surface area contributed by atoms with Crippen LogP contribution >= 0.6 is 0 Å². The molecule has 2 aromatic heterocycles. The first-order valence-electron chi connectivity index (χ1n) is 6.24. The molecule has 2 heterocycles. The summed E-state index contributed by atoms with van der Waals surface area (Å²) in [5, 5.41) is 0. The molecule has 102 valence electrons. The van der Waals surface area contributed by atoms with E-state index in [2.05, 4.69) is 4.98 Å². The Labute approximate surface area is 115 Å². The van der Waals surface area contributed by atoms with Gasteiger partial charge in [-0.05, 0) is 30.7 Å². The number of ether oxygens (including phenoxy) is 1. The average molecular weight is 271 g/mol. The number of halogens is 1. The van der Waals surface area contributed by atoms with Crippen molar-refractivity contribution in [2.24, 2.45) is 0 Å². The SMILES string of the molecule is Cc1cc(OCc2cn3ccccc3n2)c(F)cc1N. The first-order valence-corrected chi connectivity index (χ1v) is 6.24. The fraction of sp³-hybridized carbons (Fsp3) is 0.133. The zero-order valence-electron chi connectivity index (χ0n) is 11.0. The second-order valence-electron chi connectivity index (χ2n) is 4.63. The smallest absolute Gasteiger partial charge is 0.167 e. The van der Waals surface area contributed by atoms with Gasteiger partial charge in [-0.25, -0.2) is 9.37 Å². The number of nitrogens with zero attached hydrogens (tertiary/aromatic N) is 2. The van der Waals surface area contributed by atoms with E-state index in [1.54, 1.807) is 6.07 Å². The maximum absolute atomic E-state index is 13.7. The van der Waals surface area contributed by atoms with Gasteiger partial charge in [-0.15, -0.1) is 0 Å². The van der Waals surface area contributed by atoms with Crippen LogP contribution in [0.15, 0.2) is 42.7 Å². The standard InChI is InChI=1S/C15H14FN3O/c1-10-6-14(12(16)7-13(10)17)20-9-11-8-19-5-3-2-4-15(19)18-11/h2-8H,9,17H2,1H3. The first-order chi connectivity index (χ1) is 9.63. The number of aromatic nitrogens is 2. The molecule has 0 aliphatic carbocycles. The van der Waals surface area contributed by atoms with E-state index in [1.807, 2.05) is 41.9 Å². The van der Waals surface area contributed by atoms with E-state index in [1.165, 1.54) is 6.07 Å². The van der Waals surface area contributed by atoms with Crippen molar-refractivity contribution < 1.29 is 9.13 Å². The fourth-order valence-corrected chi connectivity index (χ4v) is 1.99. The van der Waals surface area contributed by atoms with E-state index in [-0.39, 0.29) is 12.4 Å². The number of benzene rings is 1. The molecule has 0 atom stereocenters. The van der Waals surface area contributed by atoms with Crippen molar-refractivity contribution in [2.45, 2.75) is 13.5 Å². The topological polar surface area (TPSA) is 52.5 Å². The minimum atomic E-state index is -0.461. The van der Waals surface area contributed by atoms with E-state index < -0.39 is 5.82 Å². The van der Waals surface area contributed by atoms with Crippen LogP contribution in [0.5, 0.6) is 5.75 Å². The molecule has 4 nitrogen and oxygen atoms in total. The van der Waals surface area contributed by atoms with Crippen LogP contribution in [0.2, 0.25) is 0 Å². The van der Waals surface area contributed by atoms with Gasteiger partial charge in [-0.1, -0.05) is 6.07 Å². The largest absolute Gasteiger partial charge is 0.484 e. The number of rotatable bonds is 3. The van der Waals surface area contributed by atoms with Crippen molar-refractivity contribution >= 4 is 11.3 Å². The maximum Gasteiger partial charge on any atom is 0.167 e. The maximum atomic E-state index is 13.7. The van der Waals surface area contributed by atoms with Crippen LogP contribution in [0.25, 0.3) is 5.65 Å². The number of hydrogen-bond acceptors (Lipinski definition) is 3. The van der Waals surface area contributed by atoms with Crippen molar-refractivity contribution in [1.29, 1.82) is 0 Å². The van der Waals surface area contributed by atoms with Crippen LogP contribution in [0.4, 0.5) is 10.1 Å². The monoisotopic (exact) mass is 271 g/mol. The first kappa shape index (κ1) is 12.5. The van der Waals surface area contributed by atoms with Crippen molar-refractivity contribution in [2.75, 3.05) is 5.73 Å². The molecule has 3 aromatic rings. The summed E-state index contributed by atoms with van der Waals surface area (Å²) in [6.07, 6.45) is 3.76. The molecule has 3 rings (SSSR count). The fourth-order valence-electron chi connectivity index (χ4n) is 1.99. The van der Waals surface area contributed by atoms with Crippen LogP contribution < -0.4 is 10.5 Å². The van der Waals surface area contributed by atoms with Gasteiger partial charge < -0.3 is 14.9 Å². The predicted molar refractivity (Wildman–Crippen MR) is 75.1 cm³/mol. The summed E-state index contributed by atoms with van der Waals surface area (Å²) < 4.78 is 21.1. The molecular weight excluding hydrogens is 257 g/mol. The number of nitrogen functional groups attached to an aromatic ring is 1. The molecule has 0 unspecified atom stereocenters. The van der Waals surface area contributed by atoms with Crippen LogP contribution in [0, 0.1) is 12.7 Å². The van der Waals surface area contributed by atoms with E-state index >= 15 is 0 Å². The van der Waals surface area contributed by atoms with Crippen molar-refractivity contribution in [3.8, 4) is 5.75 Å². The molecule has 0 aliphatic rings. The second-order valence-corrected chi connectivity index (χ2v) is 4.63. The Bertz CT molecular complexity index is 734. The minimum Gasteiger partial charge on any atom is -0.484 e. The predicted octanol–water partition coefficient (Wildman–Crippen LogP) is 2.94. The quantitative estimate of drug-likeness (QED) is 0.745. The molecule has 20 heavy (non-hydrogen) atoms. The Morgan fingerprint density at radius 1 is 1.35 bits per heavy atom. The van der Waals surface area contributed by atoms with Crippen molar-refractivity contribution in [3.05, 3.63) is 59.8 Å². The Kier molecular flexibility index (Phi) is 3.02. The number of hydrogen-bond donors (Lipinski definition) is 1. The van der Waals surface area contributed by atoms with Crippen LogP contribution in [0.3, 0.4) is 0 Å². The zero-order chi connectivity index (χ0) is 14.1. The van der Waals surface area contributed by atoms with Gasteiger partial charge in [0.05, 0.1) is 5.69 Å².